The number of hydrogen-bond donors (Lipinski definition) is 1. The van der Waals surface area contributed by atoms with Crippen LogP contribution in [0.1, 0.15) is 37.8 Å². The van der Waals surface area contributed by atoms with E-state index in [1.807, 2.05) is 26.0 Å². The Bertz CT molecular complexity index is 620. The Morgan fingerprint density at radius 2 is 1.96 bits per heavy atom. The first-order valence-electron chi connectivity index (χ1n) is 8.22. The third-order valence-electron chi connectivity index (χ3n) is 4.17. The van der Waals surface area contributed by atoms with Gasteiger partial charge in [0.05, 0.1) is 0 Å². The highest BCUT2D eigenvalue weighted by atomic mass is 35.5. The van der Waals surface area contributed by atoms with Crippen LogP contribution in [0.3, 0.4) is 0 Å². The average molecular weight is 353 g/mol. The molecule has 132 valence electrons. The van der Waals surface area contributed by atoms with E-state index in [0.717, 1.165) is 24.1 Å². The number of aryl methyl sites for hydroxylation is 2. The molecule has 0 aromatic heterocycles. The minimum atomic E-state index is -1.01. The van der Waals surface area contributed by atoms with Gasteiger partial charge in [-0.05, 0) is 57.4 Å². The summed E-state index contributed by atoms with van der Waals surface area (Å²) < 4.78 is 5.87. The van der Waals surface area contributed by atoms with E-state index in [4.69, 9.17) is 16.3 Å². The summed E-state index contributed by atoms with van der Waals surface area (Å²) in [7, 11) is 0. The smallest absolute Gasteiger partial charge is 0.263 e. The molecule has 1 aromatic carbocycles. The first-order chi connectivity index (χ1) is 11.2. The molecule has 1 aromatic rings. The number of likely N-dealkylation sites (tertiary alicyclic amines) is 1. The van der Waals surface area contributed by atoms with Crippen molar-refractivity contribution in [2.45, 2.75) is 46.1 Å². The summed E-state index contributed by atoms with van der Waals surface area (Å²) in [5.74, 6) is 0.565. The highest BCUT2D eigenvalue weighted by Crippen LogP contribution is 2.28. The van der Waals surface area contributed by atoms with Gasteiger partial charge in [-0.25, -0.2) is 0 Å². The van der Waals surface area contributed by atoms with E-state index in [0.29, 0.717) is 30.3 Å². The van der Waals surface area contributed by atoms with Gasteiger partial charge in [0.25, 0.3) is 5.91 Å². The van der Waals surface area contributed by atoms with Crippen molar-refractivity contribution in [3.05, 3.63) is 28.3 Å². The molecule has 2 amide bonds. The molecule has 2 rings (SSSR count). The molecule has 0 saturated carbocycles. The molecule has 5 nitrogen and oxygen atoms in total. The predicted molar refractivity (Wildman–Crippen MR) is 94.5 cm³/mol. The highest BCUT2D eigenvalue weighted by Gasteiger charge is 2.30. The van der Waals surface area contributed by atoms with Crippen LogP contribution in [0.2, 0.25) is 5.02 Å². The molecular weight excluding hydrogens is 328 g/mol. The zero-order valence-corrected chi connectivity index (χ0v) is 15.5. The Balaban J connectivity index is 1.91. The number of nitrogens with one attached hydrogen (secondary N) is 1. The highest BCUT2D eigenvalue weighted by molar-refractivity contribution is 6.32. The van der Waals surface area contributed by atoms with Crippen LogP contribution in [0.25, 0.3) is 0 Å². The quantitative estimate of drug-likeness (QED) is 0.856. The minimum Gasteiger partial charge on any atom is -0.478 e. The summed E-state index contributed by atoms with van der Waals surface area (Å²) in [6, 6.07) is 3.65. The summed E-state index contributed by atoms with van der Waals surface area (Å²) in [5.41, 5.74) is 0.813. The second-order valence-electron chi connectivity index (χ2n) is 6.72. The van der Waals surface area contributed by atoms with E-state index >= 15 is 0 Å². The lowest BCUT2D eigenvalue weighted by atomic mass is 10.1. The maximum absolute atomic E-state index is 12.4. The van der Waals surface area contributed by atoms with Crippen molar-refractivity contribution in [1.82, 2.24) is 10.2 Å². The average Bonchev–Trinajstić information content (AvgIpc) is 2.89. The molecule has 1 heterocycles. The Morgan fingerprint density at radius 1 is 1.33 bits per heavy atom. The van der Waals surface area contributed by atoms with Crippen LogP contribution >= 0.6 is 11.6 Å². The van der Waals surface area contributed by atoms with Crippen LogP contribution in [0.5, 0.6) is 5.75 Å². The van der Waals surface area contributed by atoms with Crippen LogP contribution in [0.4, 0.5) is 0 Å². The molecule has 0 bridgehead atoms. The largest absolute Gasteiger partial charge is 0.478 e. The Labute approximate surface area is 148 Å². The van der Waals surface area contributed by atoms with Gasteiger partial charge >= 0.3 is 0 Å². The summed E-state index contributed by atoms with van der Waals surface area (Å²) in [6.07, 6.45) is 1.51. The first-order valence-corrected chi connectivity index (χ1v) is 8.60. The SMILES string of the molecule is Cc1cc(OC(C)(C)C(=O)NCCN2CCCC2=O)cc(C)c1Cl. The van der Waals surface area contributed by atoms with Gasteiger partial charge in [0.2, 0.25) is 5.91 Å². The van der Waals surface area contributed by atoms with E-state index in [1.165, 1.54) is 0 Å². The molecule has 0 aliphatic carbocycles. The summed E-state index contributed by atoms with van der Waals surface area (Å²) in [6.45, 7) is 9.00. The third-order valence-corrected chi connectivity index (χ3v) is 4.76. The number of rotatable bonds is 6. The zero-order chi connectivity index (χ0) is 17.9. The number of amides is 2. The lowest BCUT2D eigenvalue weighted by Gasteiger charge is -2.26. The zero-order valence-electron chi connectivity index (χ0n) is 14.7. The first kappa shape index (κ1) is 18.6. The van der Waals surface area contributed by atoms with Gasteiger partial charge < -0.3 is 15.0 Å². The van der Waals surface area contributed by atoms with Crippen LogP contribution in [-0.4, -0.2) is 41.9 Å². The Kier molecular flexibility index (Phi) is 5.75. The molecular formula is C18H25ClN2O3. The number of benzene rings is 1. The summed E-state index contributed by atoms with van der Waals surface area (Å²) in [5, 5.41) is 3.56. The van der Waals surface area contributed by atoms with Crippen LogP contribution in [-0.2, 0) is 9.59 Å². The number of carbonyl (C=O) groups is 2. The normalized spacial score (nSPS) is 14.9. The Morgan fingerprint density at radius 3 is 2.50 bits per heavy atom. The maximum Gasteiger partial charge on any atom is 0.263 e. The fourth-order valence-corrected chi connectivity index (χ4v) is 2.87. The van der Waals surface area contributed by atoms with Crippen LogP contribution < -0.4 is 10.1 Å². The lowest BCUT2D eigenvalue weighted by Crippen LogP contribution is -2.48. The third kappa shape index (κ3) is 4.41. The van der Waals surface area contributed by atoms with Gasteiger partial charge in [-0.1, -0.05) is 11.6 Å². The number of carbonyl (C=O) groups excluding carboxylic acids is 2. The molecule has 1 aliphatic heterocycles. The van der Waals surface area contributed by atoms with Crippen molar-refractivity contribution in [2.75, 3.05) is 19.6 Å². The van der Waals surface area contributed by atoms with Crippen molar-refractivity contribution in [3.63, 3.8) is 0 Å². The maximum atomic E-state index is 12.4. The van der Waals surface area contributed by atoms with Gasteiger partial charge in [0, 0.05) is 31.1 Å². The van der Waals surface area contributed by atoms with Gasteiger partial charge in [0.1, 0.15) is 5.75 Å². The van der Waals surface area contributed by atoms with E-state index in [9.17, 15) is 9.59 Å². The standard InChI is InChI=1S/C18H25ClN2O3/c1-12-10-14(11-13(2)16(12)19)24-18(3,4)17(23)20-7-9-21-8-5-6-15(21)22/h10-11H,5-9H2,1-4H3,(H,20,23). The monoisotopic (exact) mass is 352 g/mol. The number of ether oxygens (including phenoxy) is 1. The van der Waals surface area contributed by atoms with Crippen molar-refractivity contribution in [3.8, 4) is 5.75 Å². The van der Waals surface area contributed by atoms with Crippen molar-refractivity contribution >= 4 is 23.4 Å². The molecule has 6 heteroatoms. The van der Waals surface area contributed by atoms with Gasteiger partial charge in [-0.2, -0.15) is 0 Å². The predicted octanol–water partition coefficient (Wildman–Crippen LogP) is 2.85. The van der Waals surface area contributed by atoms with E-state index in [1.54, 1.807) is 18.7 Å². The molecule has 0 radical (unpaired) electrons. The lowest BCUT2D eigenvalue weighted by molar-refractivity contribution is -0.135. The van der Waals surface area contributed by atoms with Crippen molar-refractivity contribution in [2.24, 2.45) is 0 Å². The number of hydrogen-bond acceptors (Lipinski definition) is 3. The van der Waals surface area contributed by atoms with Crippen molar-refractivity contribution < 1.29 is 14.3 Å². The molecule has 1 saturated heterocycles. The molecule has 0 unspecified atom stereocenters. The minimum absolute atomic E-state index is 0.159. The summed E-state index contributed by atoms with van der Waals surface area (Å²) >= 11 is 6.16. The fourth-order valence-electron chi connectivity index (χ4n) is 2.76. The second kappa shape index (κ2) is 7.43. The van der Waals surface area contributed by atoms with Crippen LogP contribution in [0.15, 0.2) is 12.1 Å². The fraction of sp³-hybridized carbons (Fsp3) is 0.556. The van der Waals surface area contributed by atoms with Crippen molar-refractivity contribution in [1.29, 1.82) is 0 Å². The Hall–Kier alpha value is -1.75. The molecule has 1 N–H and O–H groups in total. The van der Waals surface area contributed by atoms with Gasteiger partial charge in [0.15, 0.2) is 5.60 Å². The van der Waals surface area contributed by atoms with Crippen LogP contribution in [0, 0.1) is 13.8 Å². The van der Waals surface area contributed by atoms with Gasteiger partial charge in [-0.15, -0.1) is 0 Å². The molecule has 1 aliphatic rings. The van der Waals surface area contributed by atoms with Gasteiger partial charge in [-0.3, -0.25) is 9.59 Å². The van der Waals surface area contributed by atoms with E-state index in [-0.39, 0.29) is 11.8 Å². The molecule has 0 spiro atoms. The molecule has 0 atom stereocenters. The van der Waals surface area contributed by atoms with E-state index < -0.39 is 5.60 Å². The number of nitrogens with zero attached hydrogens (tertiary/aromatic N) is 1. The number of halogens is 1. The topological polar surface area (TPSA) is 58.6 Å². The summed E-state index contributed by atoms with van der Waals surface area (Å²) in [4.78, 5) is 25.7. The molecule has 24 heavy (non-hydrogen) atoms. The molecule has 1 fully saturated rings. The van der Waals surface area contributed by atoms with E-state index in [2.05, 4.69) is 5.32 Å². The second-order valence-corrected chi connectivity index (χ2v) is 7.10.